The topological polar surface area (TPSA) is 32.5 Å². The Kier molecular flexibility index (Phi) is 5.45. The summed E-state index contributed by atoms with van der Waals surface area (Å²) in [5, 5.41) is 0. The van der Waals surface area contributed by atoms with Crippen molar-refractivity contribution in [2.24, 2.45) is 5.73 Å². The van der Waals surface area contributed by atoms with Gasteiger partial charge in [0.15, 0.2) is 0 Å². The monoisotopic (exact) mass is 199 g/mol. The van der Waals surface area contributed by atoms with Crippen LogP contribution in [0.2, 0.25) is 0 Å². The molecular formula is C11H25N3. The van der Waals surface area contributed by atoms with Crippen LogP contribution in [0.15, 0.2) is 0 Å². The Morgan fingerprint density at radius 1 is 1.07 bits per heavy atom. The Labute approximate surface area is 88.2 Å². The molecule has 0 atom stereocenters. The first-order chi connectivity index (χ1) is 6.74. The van der Waals surface area contributed by atoms with Gasteiger partial charge in [-0.25, -0.2) is 0 Å². The molecule has 0 spiro atoms. The van der Waals surface area contributed by atoms with Crippen molar-refractivity contribution in [3.05, 3.63) is 0 Å². The van der Waals surface area contributed by atoms with Crippen molar-refractivity contribution in [2.75, 3.05) is 40.3 Å². The van der Waals surface area contributed by atoms with Gasteiger partial charge in [-0.3, -0.25) is 0 Å². The van der Waals surface area contributed by atoms with Crippen LogP contribution in [0.3, 0.4) is 0 Å². The molecule has 0 saturated heterocycles. The highest BCUT2D eigenvalue weighted by atomic mass is 15.2. The van der Waals surface area contributed by atoms with Gasteiger partial charge in [0.2, 0.25) is 0 Å². The third kappa shape index (κ3) is 4.94. The summed E-state index contributed by atoms with van der Waals surface area (Å²) in [6.45, 7) is 4.49. The highest BCUT2D eigenvalue weighted by Gasteiger charge is 2.27. The van der Waals surface area contributed by atoms with Crippen LogP contribution in [0.5, 0.6) is 0 Å². The van der Waals surface area contributed by atoms with E-state index in [2.05, 4.69) is 23.9 Å². The molecule has 0 heterocycles. The van der Waals surface area contributed by atoms with Gasteiger partial charge in [0.1, 0.15) is 0 Å². The van der Waals surface area contributed by atoms with Gasteiger partial charge in [-0.05, 0) is 66.0 Å². The van der Waals surface area contributed by atoms with Gasteiger partial charge in [0, 0.05) is 6.04 Å². The van der Waals surface area contributed by atoms with E-state index in [4.69, 9.17) is 5.73 Å². The number of nitrogens with zero attached hydrogens (tertiary/aromatic N) is 2. The largest absolute Gasteiger partial charge is 0.330 e. The Bertz CT molecular complexity index is 143. The molecule has 14 heavy (non-hydrogen) atoms. The number of rotatable bonds is 8. The lowest BCUT2D eigenvalue weighted by molar-refractivity contribution is 0.244. The lowest BCUT2D eigenvalue weighted by Crippen LogP contribution is -2.31. The van der Waals surface area contributed by atoms with Crippen LogP contribution in [-0.2, 0) is 0 Å². The Hall–Kier alpha value is -0.120. The molecule has 2 N–H and O–H groups in total. The average molecular weight is 199 g/mol. The zero-order valence-corrected chi connectivity index (χ0v) is 9.71. The molecule has 0 aromatic carbocycles. The van der Waals surface area contributed by atoms with E-state index in [-0.39, 0.29) is 0 Å². The maximum absolute atomic E-state index is 5.54. The van der Waals surface area contributed by atoms with Crippen LogP contribution in [0.4, 0.5) is 0 Å². The normalized spacial score (nSPS) is 16.9. The summed E-state index contributed by atoms with van der Waals surface area (Å²) in [5.41, 5.74) is 5.54. The molecule has 0 aromatic heterocycles. The van der Waals surface area contributed by atoms with E-state index in [0.717, 1.165) is 19.0 Å². The number of nitrogens with two attached hydrogens (primary N) is 1. The maximum atomic E-state index is 5.54. The summed E-state index contributed by atoms with van der Waals surface area (Å²) in [4.78, 5) is 4.88. The van der Waals surface area contributed by atoms with E-state index in [1.165, 1.54) is 38.9 Å². The van der Waals surface area contributed by atoms with Gasteiger partial charge in [0.25, 0.3) is 0 Å². The molecular weight excluding hydrogens is 174 g/mol. The standard InChI is InChI=1S/C11H25N3/c1-13(2)8-4-10-14(9-3-7-12)11-5-6-11/h11H,3-10,12H2,1-2H3. The van der Waals surface area contributed by atoms with E-state index in [1.807, 2.05) is 0 Å². The predicted molar refractivity (Wildman–Crippen MR) is 61.4 cm³/mol. The fourth-order valence-electron chi connectivity index (χ4n) is 1.80. The number of hydrogen-bond acceptors (Lipinski definition) is 3. The second kappa shape index (κ2) is 6.38. The fourth-order valence-corrected chi connectivity index (χ4v) is 1.80. The Morgan fingerprint density at radius 2 is 1.71 bits per heavy atom. The summed E-state index contributed by atoms with van der Waals surface area (Å²) in [6.07, 6.45) is 5.26. The lowest BCUT2D eigenvalue weighted by atomic mass is 10.3. The zero-order valence-electron chi connectivity index (χ0n) is 9.71. The van der Waals surface area contributed by atoms with Gasteiger partial charge in [-0.1, -0.05) is 0 Å². The van der Waals surface area contributed by atoms with E-state index < -0.39 is 0 Å². The molecule has 0 aliphatic heterocycles. The molecule has 1 aliphatic rings. The van der Waals surface area contributed by atoms with Crippen molar-refractivity contribution < 1.29 is 0 Å². The van der Waals surface area contributed by atoms with E-state index >= 15 is 0 Å². The minimum absolute atomic E-state index is 0.830. The zero-order chi connectivity index (χ0) is 10.4. The summed E-state index contributed by atoms with van der Waals surface area (Å²) in [7, 11) is 4.28. The van der Waals surface area contributed by atoms with Crippen LogP contribution >= 0.6 is 0 Å². The summed E-state index contributed by atoms with van der Waals surface area (Å²) in [6, 6.07) is 0.892. The van der Waals surface area contributed by atoms with Crippen LogP contribution in [0.1, 0.15) is 25.7 Å². The molecule has 0 radical (unpaired) electrons. The molecule has 3 heteroatoms. The summed E-state index contributed by atoms with van der Waals surface area (Å²) < 4.78 is 0. The molecule has 1 fully saturated rings. The summed E-state index contributed by atoms with van der Waals surface area (Å²) in [5.74, 6) is 0. The molecule has 1 aliphatic carbocycles. The molecule has 0 unspecified atom stereocenters. The minimum Gasteiger partial charge on any atom is -0.330 e. The van der Waals surface area contributed by atoms with Crippen molar-refractivity contribution in [3.63, 3.8) is 0 Å². The van der Waals surface area contributed by atoms with Gasteiger partial charge in [0.05, 0.1) is 0 Å². The van der Waals surface area contributed by atoms with Crippen molar-refractivity contribution in [2.45, 2.75) is 31.7 Å². The first-order valence-electron chi connectivity index (χ1n) is 5.83. The van der Waals surface area contributed by atoms with Crippen LogP contribution in [0, 0.1) is 0 Å². The van der Waals surface area contributed by atoms with Crippen molar-refractivity contribution >= 4 is 0 Å². The third-order valence-electron chi connectivity index (χ3n) is 2.76. The van der Waals surface area contributed by atoms with Gasteiger partial charge < -0.3 is 15.5 Å². The van der Waals surface area contributed by atoms with Gasteiger partial charge in [-0.15, -0.1) is 0 Å². The van der Waals surface area contributed by atoms with Crippen LogP contribution < -0.4 is 5.73 Å². The SMILES string of the molecule is CN(C)CCCN(CCCN)C1CC1. The van der Waals surface area contributed by atoms with Gasteiger partial charge >= 0.3 is 0 Å². The summed E-state index contributed by atoms with van der Waals surface area (Å²) >= 11 is 0. The molecule has 3 nitrogen and oxygen atoms in total. The fraction of sp³-hybridized carbons (Fsp3) is 1.00. The molecule has 84 valence electrons. The molecule has 0 aromatic rings. The molecule has 1 saturated carbocycles. The second-order valence-electron chi connectivity index (χ2n) is 4.57. The van der Waals surface area contributed by atoms with E-state index in [1.54, 1.807) is 0 Å². The highest BCUT2D eigenvalue weighted by molar-refractivity contribution is 4.84. The minimum atomic E-state index is 0.830. The van der Waals surface area contributed by atoms with Crippen molar-refractivity contribution in [1.82, 2.24) is 9.80 Å². The van der Waals surface area contributed by atoms with E-state index in [0.29, 0.717) is 0 Å². The third-order valence-corrected chi connectivity index (χ3v) is 2.76. The number of hydrogen-bond donors (Lipinski definition) is 1. The van der Waals surface area contributed by atoms with Crippen LogP contribution in [0.25, 0.3) is 0 Å². The smallest absolute Gasteiger partial charge is 0.00964 e. The van der Waals surface area contributed by atoms with Gasteiger partial charge in [-0.2, -0.15) is 0 Å². The highest BCUT2D eigenvalue weighted by Crippen LogP contribution is 2.26. The van der Waals surface area contributed by atoms with Crippen molar-refractivity contribution in [3.8, 4) is 0 Å². The quantitative estimate of drug-likeness (QED) is 0.626. The van der Waals surface area contributed by atoms with E-state index in [9.17, 15) is 0 Å². The lowest BCUT2D eigenvalue weighted by Gasteiger charge is -2.22. The molecule has 0 bridgehead atoms. The molecule has 1 rings (SSSR count). The second-order valence-corrected chi connectivity index (χ2v) is 4.57. The van der Waals surface area contributed by atoms with Crippen molar-refractivity contribution in [1.29, 1.82) is 0 Å². The van der Waals surface area contributed by atoms with Crippen LogP contribution in [-0.4, -0.2) is 56.1 Å². The average Bonchev–Trinajstić information content (AvgIpc) is 2.93. The first-order valence-corrected chi connectivity index (χ1v) is 5.83. The predicted octanol–water partition coefficient (Wildman–Crippen LogP) is 0.751. The molecule has 0 amide bonds. The Balaban J connectivity index is 2.08. The maximum Gasteiger partial charge on any atom is 0.00964 e. The Morgan fingerprint density at radius 3 is 2.21 bits per heavy atom. The first kappa shape index (κ1) is 12.0.